The van der Waals surface area contributed by atoms with Gasteiger partial charge in [0.05, 0.1) is 6.42 Å². The number of esters is 1. The number of nitrogens with one attached hydrogen (secondary N) is 1. The van der Waals surface area contributed by atoms with Crippen molar-refractivity contribution in [3.8, 4) is 0 Å². The molecule has 0 atom stereocenters. The zero-order chi connectivity index (χ0) is 15.5. The molecule has 0 saturated carbocycles. The van der Waals surface area contributed by atoms with Crippen LogP contribution in [0.25, 0.3) is 0 Å². The van der Waals surface area contributed by atoms with Gasteiger partial charge in [-0.3, -0.25) is 4.79 Å². The van der Waals surface area contributed by atoms with Crippen LogP contribution in [0.2, 0.25) is 0 Å². The van der Waals surface area contributed by atoms with Gasteiger partial charge in [0.2, 0.25) is 0 Å². The van der Waals surface area contributed by atoms with E-state index in [0.29, 0.717) is 6.42 Å². The Hall–Kier alpha value is -0.610. The van der Waals surface area contributed by atoms with E-state index in [1.54, 1.807) is 0 Å². The number of carbonyl (C=O) groups excluding carboxylic acids is 1. The fraction of sp³-hybridized carbons (Fsp3) is 0.941. The molecule has 0 aromatic carbocycles. The predicted molar refractivity (Wildman–Crippen MR) is 85.3 cm³/mol. The monoisotopic (exact) mass is 296 g/mol. The number of rotatable bonds is 4. The Morgan fingerprint density at radius 1 is 1.10 bits per heavy atom. The topological polar surface area (TPSA) is 41.6 Å². The molecule has 0 radical (unpaired) electrons. The number of hydrogen-bond acceptors (Lipinski definition) is 4. The molecule has 2 saturated heterocycles. The summed E-state index contributed by atoms with van der Waals surface area (Å²) in [5.41, 5.74) is 0.0547. The molecule has 0 spiro atoms. The first-order chi connectivity index (χ1) is 9.76. The first kappa shape index (κ1) is 16.8. The maximum absolute atomic E-state index is 12.1. The zero-order valence-corrected chi connectivity index (χ0v) is 14.2. The third-order valence-corrected chi connectivity index (χ3v) is 4.53. The molecule has 0 amide bonds. The highest BCUT2D eigenvalue weighted by Crippen LogP contribution is 2.30. The minimum absolute atomic E-state index is 0.0273. The average molecular weight is 296 g/mol. The van der Waals surface area contributed by atoms with Crippen molar-refractivity contribution in [1.29, 1.82) is 0 Å². The molecule has 4 nitrogen and oxygen atoms in total. The molecule has 0 bridgehead atoms. The standard InChI is InChI=1S/C17H32N2O2/c1-16(2)12-14(13-17(3,4)18-16)21-15(20)8-11-19-9-6-5-7-10-19/h14,18H,5-13H2,1-4H3. The Morgan fingerprint density at radius 2 is 1.67 bits per heavy atom. The molecule has 122 valence electrons. The minimum atomic E-state index is -0.0286. The van der Waals surface area contributed by atoms with Crippen LogP contribution in [0.5, 0.6) is 0 Å². The van der Waals surface area contributed by atoms with Crippen LogP contribution >= 0.6 is 0 Å². The van der Waals surface area contributed by atoms with Crippen LogP contribution in [0.3, 0.4) is 0 Å². The molecule has 2 fully saturated rings. The molecule has 4 heteroatoms. The molecule has 2 rings (SSSR count). The Kier molecular flexibility index (Phi) is 5.31. The van der Waals surface area contributed by atoms with Gasteiger partial charge in [0.1, 0.15) is 6.10 Å². The van der Waals surface area contributed by atoms with E-state index in [1.165, 1.54) is 19.3 Å². The number of ether oxygens (including phenoxy) is 1. The summed E-state index contributed by atoms with van der Waals surface area (Å²) in [7, 11) is 0. The lowest BCUT2D eigenvalue weighted by molar-refractivity contribution is -0.153. The van der Waals surface area contributed by atoms with E-state index < -0.39 is 0 Å². The number of piperidine rings is 2. The summed E-state index contributed by atoms with van der Waals surface area (Å²) < 4.78 is 5.75. The Bertz CT molecular complexity index is 344. The van der Waals surface area contributed by atoms with Crippen LogP contribution in [-0.2, 0) is 9.53 Å². The van der Waals surface area contributed by atoms with E-state index in [-0.39, 0.29) is 23.2 Å². The fourth-order valence-corrected chi connectivity index (χ4v) is 3.99. The summed E-state index contributed by atoms with van der Waals surface area (Å²) in [4.78, 5) is 14.5. The number of carbonyl (C=O) groups is 1. The number of likely N-dealkylation sites (tertiary alicyclic amines) is 1. The first-order valence-electron chi connectivity index (χ1n) is 8.47. The summed E-state index contributed by atoms with van der Waals surface area (Å²) in [6.45, 7) is 11.9. The Morgan fingerprint density at radius 3 is 2.24 bits per heavy atom. The van der Waals surface area contributed by atoms with Crippen LogP contribution < -0.4 is 5.32 Å². The second-order valence-corrected chi connectivity index (χ2v) is 8.07. The zero-order valence-electron chi connectivity index (χ0n) is 14.2. The largest absolute Gasteiger partial charge is 0.462 e. The molecular weight excluding hydrogens is 264 g/mol. The minimum Gasteiger partial charge on any atom is -0.462 e. The van der Waals surface area contributed by atoms with Gasteiger partial charge in [-0.15, -0.1) is 0 Å². The molecule has 0 aromatic heterocycles. The van der Waals surface area contributed by atoms with Gasteiger partial charge in [-0.05, 0) is 53.6 Å². The van der Waals surface area contributed by atoms with E-state index in [1.807, 2.05) is 0 Å². The van der Waals surface area contributed by atoms with Crippen LogP contribution in [0, 0.1) is 0 Å². The average Bonchev–Trinajstić information content (AvgIpc) is 2.33. The lowest BCUT2D eigenvalue weighted by Gasteiger charge is -2.45. The van der Waals surface area contributed by atoms with Crippen molar-refractivity contribution in [3.63, 3.8) is 0 Å². The SMILES string of the molecule is CC1(C)CC(OC(=O)CCN2CCCCC2)CC(C)(C)N1. The van der Waals surface area contributed by atoms with E-state index in [2.05, 4.69) is 37.9 Å². The maximum atomic E-state index is 12.1. The predicted octanol–water partition coefficient (Wildman–Crippen LogP) is 2.71. The Labute approximate surface area is 129 Å². The van der Waals surface area contributed by atoms with Gasteiger partial charge in [0, 0.05) is 30.5 Å². The highest BCUT2D eigenvalue weighted by molar-refractivity contribution is 5.69. The second-order valence-electron chi connectivity index (χ2n) is 8.07. The maximum Gasteiger partial charge on any atom is 0.307 e. The van der Waals surface area contributed by atoms with Crippen LogP contribution in [-0.4, -0.2) is 47.7 Å². The molecule has 0 unspecified atom stereocenters. The van der Waals surface area contributed by atoms with Crippen molar-refractivity contribution in [2.75, 3.05) is 19.6 Å². The van der Waals surface area contributed by atoms with Crippen LogP contribution in [0.4, 0.5) is 0 Å². The molecule has 1 N–H and O–H groups in total. The third-order valence-electron chi connectivity index (χ3n) is 4.53. The molecule has 2 aliphatic rings. The second kappa shape index (κ2) is 6.66. The fourth-order valence-electron chi connectivity index (χ4n) is 3.99. The summed E-state index contributed by atoms with van der Waals surface area (Å²) in [5, 5.41) is 3.62. The van der Waals surface area contributed by atoms with Gasteiger partial charge >= 0.3 is 5.97 Å². The van der Waals surface area contributed by atoms with Gasteiger partial charge in [-0.25, -0.2) is 0 Å². The van der Waals surface area contributed by atoms with Gasteiger partial charge in [0.15, 0.2) is 0 Å². The highest BCUT2D eigenvalue weighted by atomic mass is 16.5. The number of nitrogens with zero attached hydrogens (tertiary/aromatic N) is 1. The van der Waals surface area contributed by atoms with Gasteiger partial charge < -0.3 is 15.0 Å². The summed E-state index contributed by atoms with van der Waals surface area (Å²) in [6, 6.07) is 0. The lowest BCUT2D eigenvalue weighted by Crippen LogP contribution is -2.59. The van der Waals surface area contributed by atoms with E-state index in [0.717, 1.165) is 32.5 Å². The van der Waals surface area contributed by atoms with E-state index in [9.17, 15) is 4.79 Å². The first-order valence-corrected chi connectivity index (χ1v) is 8.47. The van der Waals surface area contributed by atoms with Gasteiger partial charge in [0.25, 0.3) is 0 Å². The molecule has 0 aromatic rings. The smallest absolute Gasteiger partial charge is 0.307 e. The van der Waals surface area contributed by atoms with Gasteiger partial charge in [-0.2, -0.15) is 0 Å². The Balaban J connectivity index is 1.76. The molecular formula is C17H32N2O2. The normalized spacial score (nSPS) is 26.5. The lowest BCUT2D eigenvalue weighted by atomic mass is 9.81. The van der Waals surface area contributed by atoms with E-state index >= 15 is 0 Å². The molecule has 21 heavy (non-hydrogen) atoms. The van der Waals surface area contributed by atoms with Crippen molar-refractivity contribution in [2.24, 2.45) is 0 Å². The summed E-state index contributed by atoms with van der Waals surface area (Å²) >= 11 is 0. The van der Waals surface area contributed by atoms with Crippen molar-refractivity contribution in [3.05, 3.63) is 0 Å². The summed E-state index contributed by atoms with van der Waals surface area (Å²) in [5.74, 6) is -0.0286. The van der Waals surface area contributed by atoms with Crippen molar-refractivity contribution < 1.29 is 9.53 Å². The third kappa shape index (κ3) is 5.59. The quantitative estimate of drug-likeness (QED) is 0.810. The molecule has 0 aliphatic carbocycles. The van der Waals surface area contributed by atoms with E-state index in [4.69, 9.17) is 4.74 Å². The number of hydrogen-bond donors (Lipinski definition) is 1. The molecule has 2 heterocycles. The van der Waals surface area contributed by atoms with Crippen molar-refractivity contribution in [1.82, 2.24) is 10.2 Å². The van der Waals surface area contributed by atoms with Crippen molar-refractivity contribution in [2.45, 2.75) is 83.4 Å². The summed E-state index contributed by atoms with van der Waals surface area (Å²) in [6.07, 6.45) is 6.24. The highest BCUT2D eigenvalue weighted by Gasteiger charge is 2.39. The van der Waals surface area contributed by atoms with Crippen LogP contribution in [0.1, 0.15) is 66.2 Å². The van der Waals surface area contributed by atoms with Crippen LogP contribution in [0.15, 0.2) is 0 Å². The molecule has 2 aliphatic heterocycles. The van der Waals surface area contributed by atoms with Crippen molar-refractivity contribution >= 4 is 5.97 Å². The van der Waals surface area contributed by atoms with Gasteiger partial charge in [-0.1, -0.05) is 6.42 Å².